The van der Waals surface area contributed by atoms with Gasteiger partial charge in [0.2, 0.25) is 5.91 Å². The lowest BCUT2D eigenvalue weighted by Crippen LogP contribution is -2.47. The summed E-state index contributed by atoms with van der Waals surface area (Å²) < 4.78 is 0. The van der Waals surface area contributed by atoms with Gasteiger partial charge in [-0.1, -0.05) is 13.8 Å². The van der Waals surface area contributed by atoms with Crippen LogP contribution >= 0.6 is 0 Å². The second-order valence-corrected chi connectivity index (χ2v) is 3.52. The van der Waals surface area contributed by atoms with Crippen LogP contribution in [-0.4, -0.2) is 35.6 Å². The zero-order valence-electron chi connectivity index (χ0n) is 9.54. The monoisotopic (exact) mass is 216 g/mol. The zero-order chi connectivity index (χ0) is 11.8. The number of nitrogens with one attached hydrogen (secondary N) is 2. The largest absolute Gasteiger partial charge is 0.480 e. The molecule has 0 aromatic rings. The van der Waals surface area contributed by atoms with Gasteiger partial charge < -0.3 is 10.4 Å². The van der Waals surface area contributed by atoms with Gasteiger partial charge in [-0.3, -0.25) is 14.9 Å². The minimum atomic E-state index is -0.961. The van der Waals surface area contributed by atoms with Gasteiger partial charge in [0.1, 0.15) is 0 Å². The summed E-state index contributed by atoms with van der Waals surface area (Å²) >= 11 is 0. The van der Waals surface area contributed by atoms with Crippen LogP contribution in [0.25, 0.3) is 0 Å². The summed E-state index contributed by atoms with van der Waals surface area (Å²) in [6.07, 6.45) is 1.77. The van der Waals surface area contributed by atoms with Crippen LogP contribution in [0.5, 0.6) is 0 Å². The van der Waals surface area contributed by atoms with Crippen molar-refractivity contribution in [2.24, 2.45) is 0 Å². The molecular formula is C10H20N2O3. The number of hydrogen-bond donors (Lipinski definition) is 3. The Labute approximate surface area is 90.2 Å². The molecule has 0 aromatic heterocycles. The molecule has 0 saturated carbocycles. The molecule has 1 atom stereocenters. The molecule has 0 heterocycles. The van der Waals surface area contributed by atoms with Crippen LogP contribution in [-0.2, 0) is 9.59 Å². The van der Waals surface area contributed by atoms with Crippen molar-refractivity contribution in [3.8, 4) is 0 Å². The Balaban J connectivity index is 3.92. The Kier molecular flexibility index (Phi) is 6.70. The molecule has 88 valence electrons. The van der Waals surface area contributed by atoms with Gasteiger partial charge >= 0.3 is 5.97 Å². The average Bonchev–Trinajstić information content (AvgIpc) is 2.21. The fourth-order valence-corrected chi connectivity index (χ4v) is 1.15. The van der Waals surface area contributed by atoms with Crippen LogP contribution in [0, 0.1) is 0 Å². The highest BCUT2D eigenvalue weighted by Crippen LogP contribution is 1.96. The lowest BCUT2D eigenvalue weighted by molar-refractivity contribution is -0.136. The van der Waals surface area contributed by atoms with Crippen LogP contribution in [0.1, 0.15) is 33.6 Å². The summed E-state index contributed by atoms with van der Waals surface area (Å²) in [6, 6.07) is -0.298. The van der Waals surface area contributed by atoms with Crippen molar-refractivity contribution in [1.29, 1.82) is 0 Å². The second-order valence-electron chi connectivity index (χ2n) is 3.52. The summed E-state index contributed by atoms with van der Waals surface area (Å²) in [5.74, 6) is -1.11. The van der Waals surface area contributed by atoms with E-state index in [1.165, 1.54) is 0 Å². The fraction of sp³-hybridized carbons (Fsp3) is 0.800. The number of carbonyl (C=O) groups is 2. The number of rotatable bonds is 7. The van der Waals surface area contributed by atoms with Crippen LogP contribution in [0.3, 0.4) is 0 Å². The molecule has 5 nitrogen and oxygen atoms in total. The first-order valence-electron chi connectivity index (χ1n) is 5.26. The molecule has 0 bridgehead atoms. The number of carboxylic acids is 1. The Morgan fingerprint density at radius 2 is 1.80 bits per heavy atom. The maximum absolute atomic E-state index is 11.5. The lowest BCUT2D eigenvalue weighted by atomic mass is 10.1. The summed E-state index contributed by atoms with van der Waals surface area (Å²) in [4.78, 5) is 21.8. The first-order chi connectivity index (χ1) is 7.01. The maximum Gasteiger partial charge on any atom is 0.317 e. The third-order valence-corrected chi connectivity index (χ3v) is 2.28. The van der Waals surface area contributed by atoms with Crippen LogP contribution < -0.4 is 10.6 Å². The molecule has 1 amide bonds. The normalized spacial score (nSPS) is 12.5. The van der Waals surface area contributed by atoms with E-state index in [0.29, 0.717) is 0 Å². The molecule has 1 unspecified atom stereocenters. The minimum absolute atomic E-state index is 0.148. The molecule has 0 rings (SSSR count). The quantitative estimate of drug-likeness (QED) is 0.574. The van der Waals surface area contributed by atoms with Crippen molar-refractivity contribution in [2.45, 2.75) is 45.7 Å². The van der Waals surface area contributed by atoms with Crippen molar-refractivity contribution < 1.29 is 14.7 Å². The van der Waals surface area contributed by atoms with Gasteiger partial charge in [-0.05, 0) is 19.8 Å². The van der Waals surface area contributed by atoms with Gasteiger partial charge in [0.05, 0.1) is 12.6 Å². The average molecular weight is 216 g/mol. The van der Waals surface area contributed by atoms with Gasteiger partial charge in [-0.15, -0.1) is 0 Å². The number of carbonyl (C=O) groups excluding carboxylic acids is 1. The highest BCUT2D eigenvalue weighted by molar-refractivity contribution is 5.82. The number of aliphatic carboxylic acids is 1. The fourth-order valence-electron chi connectivity index (χ4n) is 1.15. The smallest absolute Gasteiger partial charge is 0.317 e. The summed E-state index contributed by atoms with van der Waals surface area (Å²) in [6.45, 7) is 5.46. The van der Waals surface area contributed by atoms with Crippen molar-refractivity contribution >= 4 is 11.9 Å². The third kappa shape index (κ3) is 6.06. The second kappa shape index (κ2) is 7.23. The van der Waals surface area contributed by atoms with E-state index in [9.17, 15) is 9.59 Å². The molecule has 0 saturated heterocycles. The topological polar surface area (TPSA) is 78.4 Å². The van der Waals surface area contributed by atoms with E-state index in [1.54, 1.807) is 6.92 Å². The molecule has 0 radical (unpaired) electrons. The molecule has 5 heteroatoms. The Bertz CT molecular complexity index is 215. The third-order valence-electron chi connectivity index (χ3n) is 2.28. The van der Waals surface area contributed by atoms with E-state index in [2.05, 4.69) is 10.6 Å². The zero-order valence-corrected chi connectivity index (χ0v) is 9.54. The molecule has 15 heavy (non-hydrogen) atoms. The first-order valence-corrected chi connectivity index (χ1v) is 5.26. The standard InChI is InChI=1S/C10H20N2O3/c1-4-8(5-2)12-10(15)7(3)11-6-9(13)14/h7-8,11H,4-6H2,1-3H3,(H,12,15)(H,13,14). The molecule has 3 N–H and O–H groups in total. The molecule has 0 aliphatic heterocycles. The first kappa shape index (κ1) is 13.9. The predicted molar refractivity (Wildman–Crippen MR) is 57.6 cm³/mol. The summed E-state index contributed by atoms with van der Waals surface area (Å²) in [7, 11) is 0. The van der Waals surface area contributed by atoms with Crippen molar-refractivity contribution in [2.75, 3.05) is 6.54 Å². The molecule has 0 spiro atoms. The van der Waals surface area contributed by atoms with Crippen LogP contribution in [0.2, 0.25) is 0 Å². The Hall–Kier alpha value is -1.10. The number of carboxylic acid groups (broad SMARTS) is 1. The van der Waals surface area contributed by atoms with Crippen molar-refractivity contribution in [3.63, 3.8) is 0 Å². The molecule has 0 aromatic carbocycles. The Morgan fingerprint density at radius 1 is 1.27 bits per heavy atom. The summed E-state index contributed by atoms with van der Waals surface area (Å²) in [5.41, 5.74) is 0. The van der Waals surface area contributed by atoms with E-state index < -0.39 is 12.0 Å². The highest BCUT2D eigenvalue weighted by atomic mass is 16.4. The van der Waals surface area contributed by atoms with Gasteiger partial charge in [0.25, 0.3) is 0 Å². The number of hydrogen-bond acceptors (Lipinski definition) is 3. The van der Waals surface area contributed by atoms with Crippen molar-refractivity contribution in [1.82, 2.24) is 10.6 Å². The van der Waals surface area contributed by atoms with E-state index >= 15 is 0 Å². The van der Waals surface area contributed by atoms with Gasteiger partial charge in [-0.2, -0.15) is 0 Å². The summed E-state index contributed by atoms with van der Waals surface area (Å²) in [5, 5.41) is 13.9. The van der Waals surface area contributed by atoms with Gasteiger partial charge in [0.15, 0.2) is 0 Å². The van der Waals surface area contributed by atoms with Gasteiger partial charge in [-0.25, -0.2) is 0 Å². The van der Waals surface area contributed by atoms with Gasteiger partial charge in [0, 0.05) is 6.04 Å². The lowest BCUT2D eigenvalue weighted by Gasteiger charge is -2.18. The van der Waals surface area contributed by atoms with E-state index in [1.807, 2.05) is 13.8 Å². The van der Waals surface area contributed by atoms with Crippen LogP contribution in [0.15, 0.2) is 0 Å². The van der Waals surface area contributed by atoms with E-state index in [0.717, 1.165) is 12.8 Å². The van der Waals surface area contributed by atoms with E-state index in [4.69, 9.17) is 5.11 Å². The Morgan fingerprint density at radius 3 is 2.20 bits per heavy atom. The predicted octanol–water partition coefficient (Wildman–Crippen LogP) is 0.354. The SMILES string of the molecule is CCC(CC)NC(=O)C(C)NCC(=O)O. The molecule has 0 aliphatic carbocycles. The molecule has 0 aliphatic rings. The minimum Gasteiger partial charge on any atom is -0.480 e. The van der Waals surface area contributed by atoms with Crippen molar-refractivity contribution in [3.05, 3.63) is 0 Å². The molecular weight excluding hydrogens is 196 g/mol. The van der Waals surface area contributed by atoms with Crippen LogP contribution in [0.4, 0.5) is 0 Å². The number of amides is 1. The highest BCUT2D eigenvalue weighted by Gasteiger charge is 2.15. The molecule has 0 fully saturated rings. The van der Waals surface area contributed by atoms with E-state index in [-0.39, 0.29) is 18.5 Å². The maximum atomic E-state index is 11.5.